The standard InChI is InChI=1S/C17H14N2O2/c18-11-15-8-6-13(7-9-17(19)20)10-16(15)21-12-14-4-2-1-3-5-14/h1-10H,12H2,(H2,19,20). The zero-order valence-electron chi connectivity index (χ0n) is 11.3. The second-order valence-electron chi connectivity index (χ2n) is 4.38. The molecule has 0 aliphatic heterocycles. The highest BCUT2D eigenvalue weighted by Crippen LogP contribution is 2.21. The van der Waals surface area contributed by atoms with Gasteiger partial charge in [0.25, 0.3) is 0 Å². The van der Waals surface area contributed by atoms with Gasteiger partial charge in [-0.25, -0.2) is 0 Å². The molecule has 2 aromatic rings. The van der Waals surface area contributed by atoms with Gasteiger partial charge in [0.2, 0.25) is 5.91 Å². The lowest BCUT2D eigenvalue weighted by atomic mass is 10.1. The summed E-state index contributed by atoms with van der Waals surface area (Å²) in [5, 5.41) is 9.10. The molecule has 0 heterocycles. The van der Waals surface area contributed by atoms with Gasteiger partial charge in [0.1, 0.15) is 18.4 Å². The van der Waals surface area contributed by atoms with Crippen LogP contribution in [-0.4, -0.2) is 5.91 Å². The molecule has 1 amide bonds. The zero-order valence-corrected chi connectivity index (χ0v) is 11.3. The summed E-state index contributed by atoms with van der Waals surface area (Å²) in [7, 11) is 0. The van der Waals surface area contributed by atoms with Crippen molar-refractivity contribution in [2.24, 2.45) is 5.73 Å². The highest BCUT2D eigenvalue weighted by atomic mass is 16.5. The van der Waals surface area contributed by atoms with Crippen molar-refractivity contribution >= 4 is 12.0 Å². The normalized spacial score (nSPS) is 10.2. The van der Waals surface area contributed by atoms with Crippen molar-refractivity contribution in [1.82, 2.24) is 0 Å². The van der Waals surface area contributed by atoms with Crippen LogP contribution in [0.15, 0.2) is 54.6 Å². The third-order valence-corrected chi connectivity index (χ3v) is 2.80. The van der Waals surface area contributed by atoms with Gasteiger partial charge < -0.3 is 10.5 Å². The van der Waals surface area contributed by atoms with Crippen molar-refractivity contribution < 1.29 is 9.53 Å². The number of nitrogens with two attached hydrogens (primary N) is 1. The molecule has 0 atom stereocenters. The van der Waals surface area contributed by atoms with Gasteiger partial charge in [-0.2, -0.15) is 5.26 Å². The van der Waals surface area contributed by atoms with Crippen LogP contribution in [0.1, 0.15) is 16.7 Å². The molecule has 2 aromatic carbocycles. The Balaban J connectivity index is 2.18. The summed E-state index contributed by atoms with van der Waals surface area (Å²) in [6.45, 7) is 0.374. The summed E-state index contributed by atoms with van der Waals surface area (Å²) in [4.78, 5) is 10.7. The minimum absolute atomic E-state index is 0.374. The molecule has 0 saturated carbocycles. The van der Waals surface area contributed by atoms with E-state index in [1.54, 1.807) is 24.3 Å². The summed E-state index contributed by atoms with van der Waals surface area (Å²) in [5.74, 6) is -0.0425. The number of benzene rings is 2. The lowest BCUT2D eigenvalue weighted by molar-refractivity contribution is -0.113. The molecular formula is C17H14N2O2. The van der Waals surface area contributed by atoms with Gasteiger partial charge in [0, 0.05) is 6.08 Å². The van der Waals surface area contributed by atoms with Crippen molar-refractivity contribution in [2.45, 2.75) is 6.61 Å². The quantitative estimate of drug-likeness (QED) is 0.854. The molecule has 0 aliphatic rings. The van der Waals surface area contributed by atoms with E-state index >= 15 is 0 Å². The van der Waals surface area contributed by atoms with Gasteiger partial charge in [-0.1, -0.05) is 36.4 Å². The summed E-state index contributed by atoms with van der Waals surface area (Å²) in [6, 6.07) is 16.9. The molecule has 21 heavy (non-hydrogen) atoms. The monoisotopic (exact) mass is 278 g/mol. The lowest BCUT2D eigenvalue weighted by Crippen LogP contribution is -2.05. The Kier molecular flexibility index (Phi) is 4.73. The first-order valence-corrected chi connectivity index (χ1v) is 6.37. The predicted molar refractivity (Wildman–Crippen MR) is 80.2 cm³/mol. The van der Waals surface area contributed by atoms with Crippen LogP contribution in [0.3, 0.4) is 0 Å². The number of primary amides is 1. The molecule has 0 spiro atoms. The average molecular weight is 278 g/mol. The summed E-state index contributed by atoms with van der Waals surface area (Å²) >= 11 is 0. The van der Waals surface area contributed by atoms with E-state index in [-0.39, 0.29) is 0 Å². The number of amides is 1. The fraction of sp³-hybridized carbons (Fsp3) is 0.0588. The van der Waals surface area contributed by atoms with Crippen molar-refractivity contribution in [3.05, 3.63) is 71.3 Å². The maximum Gasteiger partial charge on any atom is 0.241 e. The second-order valence-corrected chi connectivity index (χ2v) is 4.38. The van der Waals surface area contributed by atoms with Crippen LogP contribution < -0.4 is 10.5 Å². The molecular weight excluding hydrogens is 264 g/mol. The average Bonchev–Trinajstić information content (AvgIpc) is 2.52. The smallest absolute Gasteiger partial charge is 0.241 e. The molecule has 0 aromatic heterocycles. The van der Waals surface area contributed by atoms with E-state index in [1.165, 1.54) is 6.08 Å². The highest BCUT2D eigenvalue weighted by Gasteiger charge is 2.04. The van der Waals surface area contributed by atoms with E-state index in [0.717, 1.165) is 11.1 Å². The van der Waals surface area contributed by atoms with Crippen molar-refractivity contribution in [3.63, 3.8) is 0 Å². The molecule has 2 N–H and O–H groups in total. The van der Waals surface area contributed by atoms with Gasteiger partial charge in [-0.3, -0.25) is 4.79 Å². The number of nitriles is 1. The number of hydrogen-bond acceptors (Lipinski definition) is 3. The van der Waals surface area contributed by atoms with Crippen LogP contribution in [-0.2, 0) is 11.4 Å². The SMILES string of the molecule is N#Cc1ccc(C=CC(N)=O)cc1OCc1ccccc1. The Morgan fingerprint density at radius 2 is 2.00 bits per heavy atom. The van der Waals surface area contributed by atoms with E-state index in [9.17, 15) is 4.79 Å². The van der Waals surface area contributed by atoms with Crippen LogP contribution in [0.25, 0.3) is 6.08 Å². The number of carbonyl (C=O) groups excluding carboxylic acids is 1. The number of nitrogens with zero attached hydrogens (tertiary/aromatic N) is 1. The maximum absolute atomic E-state index is 10.7. The molecule has 0 fully saturated rings. The number of hydrogen-bond donors (Lipinski definition) is 1. The Morgan fingerprint density at radius 3 is 2.67 bits per heavy atom. The highest BCUT2D eigenvalue weighted by molar-refractivity contribution is 5.90. The summed E-state index contributed by atoms with van der Waals surface area (Å²) < 4.78 is 5.69. The fourth-order valence-electron chi connectivity index (χ4n) is 1.77. The first-order valence-electron chi connectivity index (χ1n) is 6.37. The molecule has 0 unspecified atom stereocenters. The fourth-order valence-corrected chi connectivity index (χ4v) is 1.77. The summed E-state index contributed by atoms with van der Waals surface area (Å²) in [6.07, 6.45) is 2.85. The summed E-state index contributed by atoms with van der Waals surface area (Å²) in [5.41, 5.74) is 7.27. The Labute approximate surface area is 123 Å². The Hall–Kier alpha value is -3.06. The van der Waals surface area contributed by atoms with Gasteiger partial charge >= 0.3 is 0 Å². The predicted octanol–water partition coefficient (Wildman–Crippen LogP) is 2.64. The molecule has 104 valence electrons. The topological polar surface area (TPSA) is 76.1 Å². The Bertz CT molecular complexity index is 700. The first kappa shape index (κ1) is 14.4. The molecule has 0 bridgehead atoms. The van der Waals surface area contributed by atoms with Gasteiger partial charge in [-0.05, 0) is 29.3 Å². The van der Waals surface area contributed by atoms with E-state index < -0.39 is 5.91 Å². The van der Waals surface area contributed by atoms with E-state index in [0.29, 0.717) is 17.9 Å². The maximum atomic E-state index is 10.7. The van der Waals surface area contributed by atoms with Crippen LogP contribution in [0.2, 0.25) is 0 Å². The van der Waals surface area contributed by atoms with Crippen LogP contribution in [0, 0.1) is 11.3 Å². The van der Waals surface area contributed by atoms with Gasteiger partial charge in [0.15, 0.2) is 0 Å². The molecule has 4 heteroatoms. The third kappa shape index (κ3) is 4.22. The van der Waals surface area contributed by atoms with Crippen LogP contribution in [0.5, 0.6) is 5.75 Å². The molecule has 4 nitrogen and oxygen atoms in total. The van der Waals surface area contributed by atoms with Gasteiger partial charge in [-0.15, -0.1) is 0 Å². The van der Waals surface area contributed by atoms with Crippen molar-refractivity contribution in [1.29, 1.82) is 5.26 Å². The number of ether oxygens (including phenoxy) is 1. The number of rotatable bonds is 5. The van der Waals surface area contributed by atoms with Gasteiger partial charge in [0.05, 0.1) is 5.56 Å². The lowest BCUT2D eigenvalue weighted by Gasteiger charge is -2.08. The second kappa shape index (κ2) is 6.92. The largest absolute Gasteiger partial charge is 0.488 e. The third-order valence-electron chi connectivity index (χ3n) is 2.80. The zero-order chi connectivity index (χ0) is 15.1. The minimum Gasteiger partial charge on any atom is -0.488 e. The number of carbonyl (C=O) groups is 1. The van der Waals surface area contributed by atoms with Crippen molar-refractivity contribution in [3.8, 4) is 11.8 Å². The molecule has 0 saturated heterocycles. The van der Waals surface area contributed by atoms with E-state index in [4.69, 9.17) is 15.7 Å². The van der Waals surface area contributed by atoms with E-state index in [1.807, 2.05) is 30.3 Å². The van der Waals surface area contributed by atoms with E-state index in [2.05, 4.69) is 6.07 Å². The van der Waals surface area contributed by atoms with Crippen LogP contribution in [0.4, 0.5) is 0 Å². The van der Waals surface area contributed by atoms with Crippen LogP contribution >= 0.6 is 0 Å². The molecule has 0 aliphatic carbocycles. The Morgan fingerprint density at radius 1 is 1.24 bits per heavy atom. The van der Waals surface area contributed by atoms with Crippen molar-refractivity contribution in [2.75, 3.05) is 0 Å². The minimum atomic E-state index is -0.522. The first-order chi connectivity index (χ1) is 10.2. The molecule has 2 rings (SSSR count). The molecule has 0 radical (unpaired) electrons.